The fourth-order valence-electron chi connectivity index (χ4n) is 1.97. The Labute approximate surface area is 141 Å². The molecule has 3 rings (SSSR count). The average Bonchev–Trinajstić information content (AvgIpc) is 3.03. The number of benzene rings is 2. The van der Waals surface area contributed by atoms with Gasteiger partial charge < -0.3 is 4.74 Å². The minimum Gasteiger partial charge on any atom is -0.496 e. The fraction of sp³-hybridized carbons (Fsp3) is 0.0625. The predicted octanol–water partition coefficient (Wildman–Crippen LogP) is 4.12. The third-order valence-corrected chi connectivity index (χ3v) is 4.21. The quantitative estimate of drug-likeness (QED) is 0.772. The van der Waals surface area contributed by atoms with Gasteiger partial charge in [-0.15, -0.1) is 10.2 Å². The minimum atomic E-state index is -0.260. The first-order chi connectivity index (χ1) is 11.2. The largest absolute Gasteiger partial charge is 0.496 e. The Morgan fingerprint density at radius 3 is 2.61 bits per heavy atom. The summed E-state index contributed by atoms with van der Waals surface area (Å²) in [6.45, 7) is 0. The standard InChI is InChI=1S/C16H12ClN3O2S/c1-22-13-5-3-2-4-12(13)15-19-20-16(23-15)18-14(21)10-6-8-11(17)9-7-10/h2-9H,1H3,(H,18,20,21). The molecule has 1 aromatic heterocycles. The summed E-state index contributed by atoms with van der Waals surface area (Å²) in [4.78, 5) is 12.2. The number of carbonyl (C=O) groups excluding carboxylic acids is 1. The number of carbonyl (C=O) groups is 1. The highest BCUT2D eigenvalue weighted by molar-refractivity contribution is 7.18. The zero-order valence-electron chi connectivity index (χ0n) is 12.1. The molecular formula is C16H12ClN3O2S. The number of nitrogens with zero attached hydrogens (tertiary/aromatic N) is 2. The molecule has 23 heavy (non-hydrogen) atoms. The van der Waals surface area contributed by atoms with Crippen molar-refractivity contribution in [2.75, 3.05) is 12.4 Å². The van der Waals surface area contributed by atoms with Gasteiger partial charge in [0.05, 0.1) is 12.7 Å². The number of nitrogens with one attached hydrogen (secondary N) is 1. The lowest BCUT2D eigenvalue weighted by Gasteiger charge is -2.03. The third-order valence-electron chi connectivity index (χ3n) is 3.09. The van der Waals surface area contributed by atoms with Crippen molar-refractivity contribution in [3.63, 3.8) is 0 Å². The van der Waals surface area contributed by atoms with Crippen molar-refractivity contribution in [2.24, 2.45) is 0 Å². The first-order valence-electron chi connectivity index (χ1n) is 6.71. The van der Waals surface area contributed by atoms with Gasteiger partial charge in [-0.2, -0.15) is 0 Å². The molecule has 7 heteroatoms. The highest BCUT2D eigenvalue weighted by atomic mass is 35.5. The van der Waals surface area contributed by atoms with Crippen LogP contribution in [0.2, 0.25) is 5.02 Å². The second-order valence-electron chi connectivity index (χ2n) is 4.57. The number of hydrogen-bond donors (Lipinski definition) is 1. The van der Waals surface area contributed by atoms with Gasteiger partial charge >= 0.3 is 0 Å². The molecule has 0 bridgehead atoms. The number of halogens is 1. The normalized spacial score (nSPS) is 10.3. The Hall–Kier alpha value is -2.44. The molecule has 1 heterocycles. The van der Waals surface area contributed by atoms with E-state index in [2.05, 4.69) is 15.5 Å². The summed E-state index contributed by atoms with van der Waals surface area (Å²) < 4.78 is 5.31. The summed E-state index contributed by atoms with van der Waals surface area (Å²) in [5, 5.41) is 12.5. The topological polar surface area (TPSA) is 64.1 Å². The Morgan fingerprint density at radius 1 is 1.13 bits per heavy atom. The van der Waals surface area contributed by atoms with Crippen LogP contribution in [0.25, 0.3) is 10.6 Å². The van der Waals surface area contributed by atoms with Gasteiger partial charge in [-0.25, -0.2) is 0 Å². The van der Waals surface area contributed by atoms with Crippen molar-refractivity contribution < 1.29 is 9.53 Å². The highest BCUT2D eigenvalue weighted by Crippen LogP contribution is 2.33. The third kappa shape index (κ3) is 3.49. The second-order valence-corrected chi connectivity index (χ2v) is 5.99. The number of amides is 1. The maximum absolute atomic E-state index is 12.2. The van der Waals surface area contributed by atoms with Gasteiger partial charge in [-0.3, -0.25) is 10.1 Å². The van der Waals surface area contributed by atoms with Crippen molar-refractivity contribution in [1.82, 2.24) is 10.2 Å². The van der Waals surface area contributed by atoms with E-state index >= 15 is 0 Å². The van der Waals surface area contributed by atoms with Crippen LogP contribution in [-0.4, -0.2) is 23.2 Å². The van der Waals surface area contributed by atoms with E-state index in [1.54, 1.807) is 31.4 Å². The molecule has 3 aromatic rings. The predicted molar refractivity (Wildman–Crippen MR) is 91.3 cm³/mol. The molecule has 0 radical (unpaired) electrons. The van der Waals surface area contributed by atoms with E-state index in [9.17, 15) is 4.79 Å². The molecule has 0 atom stereocenters. The SMILES string of the molecule is COc1ccccc1-c1nnc(NC(=O)c2ccc(Cl)cc2)s1. The van der Waals surface area contributed by atoms with Crippen molar-refractivity contribution in [1.29, 1.82) is 0 Å². The van der Waals surface area contributed by atoms with E-state index < -0.39 is 0 Å². The van der Waals surface area contributed by atoms with Crippen molar-refractivity contribution in [3.8, 4) is 16.3 Å². The van der Waals surface area contributed by atoms with E-state index in [0.29, 0.717) is 26.5 Å². The first kappa shape index (κ1) is 15.5. The van der Waals surface area contributed by atoms with Crippen LogP contribution in [-0.2, 0) is 0 Å². The lowest BCUT2D eigenvalue weighted by Crippen LogP contribution is -2.11. The average molecular weight is 346 g/mol. The molecule has 116 valence electrons. The van der Waals surface area contributed by atoms with E-state index in [1.807, 2.05) is 24.3 Å². The lowest BCUT2D eigenvalue weighted by atomic mass is 10.2. The molecule has 2 aromatic carbocycles. The maximum Gasteiger partial charge on any atom is 0.257 e. The number of rotatable bonds is 4. The van der Waals surface area contributed by atoms with Crippen molar-refractivity contribution in [2.45, 2.75) is 0 Å². The summed E-state index contributed by atoms with van der Waals surface area (Å²) >= 11 is 7.09. The molecule has 0 saturated carbocycles. The second kappa shape index (κ2) is 6.76. The Balaban J connectivity index is 1.79. The summed E-state index contributed by atoms with van der Waals surface area (Å²) in [6.07, 6.45) is 0. The zero-order chi connectivity index (χ0) is 16.2. The number of methoxy groups -OCH3 is 1. The molecule has 1 N–H and O–H groups in total. The van der Waals surface area contributed by atoms with Crippen molar-refractivity contribution >= 4 is 34.0 Å². The van der Waals surface area contributed by atoms with E-state index in [0.717, 1.165) is 5.56 Å². The van der Waals surface area contributed by atoms with Crippen molar-refractivity contribution in [3.05, 3.63) is 59.1 Å². The van der Waals surface area contributed by atoms with Gasteiger partial charge in [0.15, 0.2) is 5.01 Å². The molecule has 0 aliphatic carbocycles. The number of hydrogen-bond acceptors (Lipinski definition) is 5. The number of anilines is 1. The fourth-order valence-corrected chi connectivity index (χ4v) is 2.87. The van der Waals surface area contributed by atoms with Gasteiger partial charge in [0.2, 0.25) is 5.13 Å². The van der Waals surface area contributed by atoms with Crippen LogP contribution in [0.3, 0.4) is 0 Å². The number of aromatic nitrogens is 2. The van der Waals surface area contributed by atoms with Crippen LogP contribution >= 0.6 is 22.9 Å². The smallest absolute Gasteiger partial charge is 0.257 e. The van der Waals surface area contributed by atoms with Crippen LogP contribution in [0.4, 0.5) is 5.13 Å². The lowest BCUT2D eigenvalue weighted by molar-refractivity contribution is 0.102. The summed E-state index contributed by atoms with van der Waals surface area (Å²) in [7, 11) is 1.60. The van der Waals surface area contributed by atoms with E-state index in [1.165, 1.54) is 11.3 Å². The molecule has 0 aliphatic heterocycles. The number of para-hydroxylation sites is 1. The zero-order valence-corrected chi connectivity index (χ0v) is 13.7. The van der Waals surface area contributed by atoms with Crippen LogP contribution in [0.1, 0.15) is 10.4 Å². The molecule has 0 fully saturated rings. The Bertz CT molecular complexity index is 833. The van der Waals surface area contributed by atoms with E-state index in [4.69, 9.17) is 16.3 Å². The molecule has 0 spiro atoms. The monoisotopic (exact) mass is 345 g/mol. The molecule has 1 amide bonds. The number of ether oxygens (including phenoxy) is 1. The summed E-state index contributed by atoms with van der Waals surface area (Å²) in [5.74, 6) is 0.448. The molecular weight excluding hydrogens is 334 g/mol. The maximum atomic E-state index is 12.2. The highest BCUT2D eigenvalue weighted by Gasteiger charge is 2.13. The van der Waals surface area contributed by atoms with E-state index in [-0.39, 0.29) is 5.91 Å². The molecule has 0 unspecified atom stereocenters. The Morgan fingerprint density at radius 2 is 1.87 bits per heavy atom. The van der Waals surface area contributed by atoms with Crippen LogP contribution in [0.5, 0.6) is 5.75 Å². The Kier molecular flexibility index (Phi) is 4.55. The first-order valence-corrected chi connectivity index (χ1v) is 7.90. The van der Waals surface area contributed by atoms with Crippen LogP contribution in [0, 0.1) is 0 Å². The van der Waals surface area contributed by atoms with Gasteiger partial charge in [0.1, 0.15) is 5.75 Å². The van der Waals surface area contributed by atoms with Gasteiger partial charge in [-0.05, 0) is 36.4 Å². The van der Waals surface area contributed by atoms with Crippen LogP contribution < -0.4 is 10.1 Å². The van der Waals surface area contributed by atoms with Gasteiger partial charge in [0, 0.05) is 10.6 Å². The molecule has 0 saturated heterocycles. The minimum absolute atomic E-state index is 0.260. The van der Waals surface area contributed by atoms with Gasteiger partial charge in [-0.1, -0.05) is 35.1 Å². The molecule has 0 aliphatic rings. The summed E-state index contributed by atoms with van der Waals surface area (Å²) in [6, 6.07) is 14.2. The molecule has 5 nitrogen and oxygen atoms in total. The van der Waals surface area contributed by atoms with Gasteiger partial charge in [0.25, 0.3) is 5.91 Å². The van der Waals surface area contributed by atoms with Crippen LogP contribution in [0.15, 0.2) is 48.5 Å². The summed E-state index contributed by atoms with van der Waals surface area (Å²) in [5.41, 5.74) is 1.34.